The Morgan fingerprint density at radius 3 is 2.76 bits per heavy atom. The van der Waals surface area contributed by atoms with Crippen molar-refractivity contribution in [1.82, 2.24) is 29.9 Å². The Hall–Kier alpha value is -3.16. The van der Waals surface area contributed by atoms with Crippen LogP contribution in [0.1, 0.15) is 44.0 Å². The molecule has 4 rings (SSSR count). The fourth-order valence-corrected chi connectivity index (χ4v) is 3.95. The first-order valence-electron chi connectivity index (χ1n) is 9.78. The number of methoxy groups -OCH3 is 1. The zero-order chi connectivity index (χ0) is 20.4. The Morgan fingerprint density at radius 1 is 1.28 bits per heavy atom. The molecule has 1 unspecified atom stereocenters. The van der Waals surface area contributed by atoms with Gasteiger partial charge >= 0.3 is 0 Å². The van der Waals surface area contributed by atoms with Crippen molar-refractivity contribution >= 4 is 5.91 Å². The lowest BCUT2D eigenvalue weighted by Crippen LogP contribution is -2.37. The molecule has 3 aromatic rings. The van der Waals surface area contributed by atoms with Gasteiger partial charge in [0.15, 0.2) is 0 Å². The molecular formula is C21H26N6O2. The molecule has 1 aliphatic carbocycles. The van der Waals surface area contributed by atoms with Crippen molar-refractivity contribution < 1.29 is 9.53 Å². The average molecular weight is 394 g/mol. The quantitative estimate of drug-likeness (QED) is 0.695. The van der Waals surface area contributed by atoms with Crippen LogP contribution in [-0.4, -0.2) is 37.6 Å². The third-order valence-electron chi connectivity index (χ3n) is 5.37. The lowest BCUT2D eigenvalue weighted by Gasteiger charge is -2.36. The van der Waals surface area contributed by atoms with Crippen LogP contribution in [0.4, 0.5) is 0 Å². The number of rotatable bonds is 6. The lowest BCUT2D eigenvalue weighted by atomic mass is 9.74. The Kier molecular flexibility index (Phi) is 5.08. The molecule has 0 bridgehead atoms. The number of nitrogens with zero attached hydrogens (tertiary/aromatic N) is 5. The number of hydrogen-bond donors (Lipinski definition) is 1. The molecule has 0 saturated heterocycles. The molecule has 0 radical (unpaired) electrons. The molecule has 29 heavy (non-hydrogen) atoms. The first-order chi connectivity index (χ1) is 13.9. The molecule has 1 N–H and O–H groups in total. The van der Waals surface area contributed by atoms with Crippen LogP contribution in [0.2, 0.25) is 0 Å². The van der Waals surface area contributed by atoms with Gasteiger partial charge in [-0.2, -0.15) is 10.2 Å². The van der Waals surface area contributed by atoms with Gasteiger partial charge in [0.25, 0.3) is 0 Å². The van der Waals surface area contributed by atoms with Crippen LogP contribution in [0.5, 0.6) is 5.75 Å². The van der Waals surface area contributed by atoms with E-state index in [-0.39, 0.29) is 17.4 Å². The van der Waals surface area contributed by atoms with Gasteiger partial charge in [0, 0.05) is 12.0 Å². The van der Waals surface area contributed by atoms with Crippen molar-refractivity contribution in [3.8, 4) is 11.4 Å². The van der Waals surface area contributed by atoms with Gasteiger partial charge in [-0.1, -0.05) is 13.8 Å². The third-order valence-corrected chi connectivity index (χ3v) is 5.37. The predicted molar refractivity (Wildman–Crippen MR) is 108 cm³/mol. The highest BCUT2D eigenvalue weighted by Gasteiger charge is 2.35. The summed E-state index contributed by atoms with van der Waals surface area (Å²) in [4.78, 5) is 16.5. The Labute approximate surface area is 169 Å². The smallest absolute Gasteiger partial charge is 0.222 e. The topological polar surface area (TPSA) is 86.9 Å². The number of carbonyl (C=O) groups excluding carboxylic acids is 1. The van der Waals surface area contributed by atoms with Crippen molar-refractivity contribution in [3.05, 3.63) is 54.4 Å². The maximum absolute atomic E-state index is 12.6. The van der Waals surface area contributed by atoms with Gasteiger partial charge in [0.2, 0.25) is 5.91 Å². The zero-order valence-electron chi connectivity index (χ0n) is 17.0. The van der Waals surface area contributed by atoms with Gasteiger partial charge in [0.05, 0.1) is 37.3 Å². The van der Waals surface area contributed by atoms with E-state index in [1.165, 1.54) is 6.33 Å². The van der Waals surface area contributed by atoms with Gasteiger partial charge in [0.1, 0.15) is 18.4 Å². The summed E-state index contributed by atoms with van der Waals surface area (Å²) in [6.45, 7) is 4.98. The van der Waals surface area contributed by atoms with Crippen molar-refractivity contribution in [2.24, 2.45) is 5.41 Å². The fourth-order valence-electron chi connectivity index (χ4n) is 3.95. The Morgan fingerprint density at radius 2 is 2.07 bits per heavy atom. The number of nitrogens with one attached hydrogen (secondary N) is 1. The van der Waals surface area contributed by atoms with E-state index < -0.39 is 0 Å². The normalized spacial score (nSPS) is 17.6. The average Bonchev–Trinajstić information content (AvgIpc) is 3.35. The van der Waals surface area contributed by atoms with Crippen LogP contribution in [0.15, 0.2) is 43.1 Å². The summed E-state index contributed by atoms with van der Waals surface area (Å²) in [6.07, 6.45) is 7.12. The second-order valence-electron chi connectivity index (χ2n) is 8.23. The molecule has 152 valence electrons. The molecule has 0 fully saturated rings. The molecule has 2 aromatic heterocycles. The summed E-state index contributed by atoms with van der Waals surface area (Å²) in [7, 11) is 1.66. The molecule has 8 heteroatoms. The standard InChI is InChI=1S/C21H26N6O2/c1-21(2)10-18(25-20(28)8-9-26-14-22-13-24-26)17-12-23-27(19(17)11-21)15-4-6-16(29-3)7-5-15/h4-7,12-14,18H,8-11H2,1-3H3,(H,25,28). The number of aryl methyl sites for hydroxylation is 1. The number of ether oxygens (including phenoxy) is 1. The minimum atomic E-state index is -0.0519. The zero-order valence-corrected chi connectivity index (χ0v) is 17.0. The molecule has 1 aliphatic rings. The summed E-state index contributed by atoms with van der Waals surface area (Å²) in [5, 5.41) is 11.9. The molecular weight excluding hydrogens is 368 g/mol. The third kappa shape index (κ3) is 4.16. The Bertz CT molecular complexity index is 975. The van der Waals surface area contributed by atoms with Gasteiger partial charge < -0.3 is 10.1 Å². The molecule has 0 saturated carbocycles. The number of fused-ring (bicyclic) bond motifs is 1. The first-order valence-corrected chi connectivity index (χ1v) is 9.78. The fraction of sp³-hybridized carbons (Fsp3) is 0.429. The highest BCUT2D eigenvalue weighted by atomic mass is 16.5. The summed E-state index contributed by atoms with van der Waals surface area (Å²) >= 11 is 0. The van der Waals surface area contributed by atoms with Gasteiger partial charge in [-0.05, 0) is 42.5 Å². The van der Waals surface area contributed by atoms with E-state index in [0.717, 1.165) is 35.5 Å². The van der Waals surface area contributed by atoms with Gasteiger partial charge in [-0.3, -0.25) is 9.48 Å². The van der Waals surface area contributed by atoms with Crippen molar-refractivity contribution in [2.45, 2.75) is 45.7 Å². The van der Waals surface area contributed by atoms with Crippen molar-refractivity contribution in [1.29, 1.82) is 0 Å². The van der Waals surface area contributed by atoms with Crippen LogP contribution in [0, 0.1) is 5.41 Å². The maximum atomic E-state index is 12.6. The van der Waals surface area contributed by atoms with E-state index in [0.29, 0.717) is 13.0 Å². The number of benzene rings is 1. The predicted octanol–water partition coefficient (Wildman–Crippen LogP) is 2.69. The summed E-state index contributed by atoms with van der Waals surface area (Å²) < 4.78 is 8.90. The van der Waals surface area contributed by atoms with Crippen LogP contribution >= 0.6 is 0 Å². The second-order valence-corrected chi connectivity index (χ2v) is 8.23. The molecule has 1 aromatic carbocycles. The summed E-state index contributed by atoms with van der Waals surface area (Å²) in [5.41, 5.74) is 3.28. The minimum Gasteiger partial charge on any atom is -0.497 e. The second kappa shape index (κ2) is 7.69. The van der Waals surface area contributed by atoms with Crippen molar-refractivity contribution in [3.63, 3.8) is 0 Å². The van der Waals surface area contributed by atoms with Gasteiger partial charge in [-0.15, -0.1) is 0 Å². The number of amides is 1. The SMILES string of the molecule is COc1ccc(-n2ncc3c2CC(C)(C)CC3NC(=O)CCn2cncn2)cc1. The summed E-state index contributed by atoms with van der Waals surface area (Å²) in [5.74, 6) is 0.818. The van der Waals surface area contributed by atoms with Crippen LogP contribution in [-0.2, 0) is 17.8 Å². The molecule has 2 heterocycles. The monoisotopic (exact) mass is 394 g/mol. The molecule has 8 nitrogen and oxygen atoms in total. The highest BCUT2D eigenvalue weighted by Crippen LogP contribution is 2.41. The molecule has 0 aliphatic heterocycles. The van der Waals surface area contributed by atoms with Crippen LogP contribution < -0.4 is 10.1 Å². The molecule has 0 spiro atoms. The van der Waals surface area contributed by atoms with E-state index in [1.807, 2.05) is 35.1 Å². The van der Waals surface area contributed by atoms with E-state index in [1.54, 1.807) is 18.1 Å². The molecule has 1 atom stereocenters. The van der Waals surface area contributed by atoms with E-state index >= 15 is 0 Å². The Balaban J connectivity index is 1.54. The lowest BCUT2D eigenvalue weighted by molar-refractivity contribution is -0.122. The number of carbonyl (C=O) groups is 1. The van der Waals surface area contributed by atoms with Crippen LogP contribution in [0.25, 0.3) is 5.69 Å². The maximum Gasteiger partial charge on any atom is 0.222 e. The number of hydrogen-bond acceptors (Lipinski definition) is 5. The molecule has 1 amide bonds. The first kappa shape index (κ1) is 19.2. The van der Waals surface area contributed by atoms with Crippen molar-refractivity contribution in [2.75, 3.05) is 7.11 Å². The summed E-state index contributed by atoms with van der Waals surface area (Å²) in [6, 6.07) is 7.81. The van der Waals surface area contributed by atoms with E-state index in [4.69, 9.17) is 4.74 Å². The van der Waals surface area contributed by atoms with Gasteiger partial charge in [-0.25, -0.2) is 9.67 Å². The highest BCUT2D eigenvalue weighted by molar-refractivity contribution is 5.76. The number of aromatic nitrogens is 5. The largest absolute Gasteiger partial charge is 0.497 e. The van der Waals surface area contributed by atoms with E-state index in [2.05, 4.69) is 34.3 Å². The minimum absolute atomic E-state index is 0.00588. The van der Waals surface area contributed by atoms with Crippen LogP contribution in [0.3, 0.4) is 0 Å². The van der Waals surface area contributed by atoms with E-state index in [9.17, 15) is 4.79 Å².